The van der Waals surface area contributed by atoms with Gasteiger partial charge in [0.25, 0.3) is 0 Å². The van der Waals surface area contributed by atoms with E-state index in [1.165, 1.54) is 11.6 Å². The predicted octanol–water partition coefficient (Wildman–Crippen LogP) is 1.95. The Morgan fingerprint density at radius 3 is 3.11 bits per heavy atom. The number of halogens is 1. The lowest BCUT2D eigenvalue weighted by molar-refractivity contribution is 0.403. The Labute approximate surface area is 111 Å². The lowest BCUT2D eigenvalue weighted by Gasteiger charge is -2.45. The normalized spacial score (nSPS) is 31.0. The van der Waals surface area contributed by atoms with Crippen LogP contribution in [-0.4, -0.2) is 11.7 Å². The molecule has 1 aromatic rings. The zero-order chi connectivity index (χ0) is 13.6. The summed E-state index contributed by atoms with van der Waals surface area (Å²) >= 11 is 0. The molecule has 0 saturated carbocycles. The van der Waals surface area contributed by atoms with Crippen molar-refractivity contribution in [2.24, 2.45) is 11.7 Å². The SMILES string of the molecule is CC1=CC2Cc3[nH]c(=O)ccc3[C@](N)(C1)/C2=C/CF. The molecular formula is C15H17FN2O. The van der Waals surface area contributed by atoms with Gasteiger partial charge in [-0.15, -0.1) is 0 Å². The Kier molecular flexibility index (Phi) is 2.71. The van der Waals surface area contributed by atoms with Crippen molar-refractivity contribution in [2.75, 3.05) is 6.67 Å². The first kappa shape index (κ1) is 12.4. The average Bonchev–Trinajstić information content (AvgIpc) is 2.32. The Morgan fingerprint density at radius 2 is 2.37 bits per heavy atom. The maximum Gasteiger partial charge on any atom is 0.248 e. The van der Waals surface area contributed by atoms with Crippen LogP contribution in [0.15, 0.2) is 40.2 Å². The van der Waals surface area contributed by atoms with E-state index in [-0.39, 0.29) is 11.5 Å². The molecule has 0 aromatic carbocycles. The molecule has 0 amide bonds. The smallest absolute Gasteiger partial charge is 0.248 e. The molecular weight excluding hydrogens is 243 g/mol. The van der Waals surface area contributed by atoms with Gasteiger partial charge in [-0.25, -0.2) is 4.39 Å². The van der Waals surface area contributed by atoms with Crippen LogP contribution in [0.2, 0.25) is 0 Å². The lowest BCUT2D eigenvalue weighted by Crippen LogP contribution is -2.48. The largest absolute Gasteiger partial charge is 0.326 e. The molecule has 1 aromatic heterocycles. The molecule has 0 fully saturated rings. The fourth-order valence-corrected chi connectivity index (χ4v) is 3.52. The number of rotatable bonds is 1. The zero-order valence-electron chi connectivity index (χ0n) is 10.9. The molecule has 4 heteroatoms. The molecule has 1 unspecified atom stereocenters. The van der Waals surface area contributed by atoms with E-state index in [4.69, 9.17) is 5.73 Å². The minimum Gasteiger partial charge on any atom is -0.326 e. The summed E-state index contributed by atoms with van der Waals surface area (Å²) < 4.78 is 12.8. The van der Waals surface area contributed by atoms with E-state index in [0.29, 0.717) is 12.8 Å². The number of fused-ring (bicyclic) bond motifs is 4. The summed E-state index contributed by atoms with van der Waals surface area (Å²) in [5.41, 5.74) is 9.78. The maximum absolute atomic E-state index is 12.8. The molecule has 3 nitrogen and oxygen atoms in total. The molecule has 100 valence electrons. The molecule has 2 atom stereocenters. The van der Waals surface area contributed by atoms with Crippen LogP contribution in [0, 0.1) is 5.92 Å². The van der Waals surface area contributed by atoms with Crippen molar-refractivity contribution >= 4 is 0 Å². The van der Waals surface area contributed by atoms with E-state index >= 15 is 0 Å². The third kappa shape index (κ3) is 1.78. The Balaban J connectivity index is 2.25. The van der Waals surface area contributed by atoms with E-state index < -0.39 is 12.2 Å². The number of pyridine rings is 1. The summed E-state index contributed by atoms with van der Waals surface area (Å²) in [6, 6.07) is 3.28. The molecule has 0 aliphatic heterocycles. The van der Waals surface area contributed by atoms with Gasteiger partial charge in [0.05, 0.1) is 5.54 Å². The highest BCUT2D eigenvalue weighted by Crippen LogP contribution is 2.47. The monoisotopic (exact) mass is 260 g/mol. The van der Waals surface area contributed by atoms with E-state index in [1.807, 2.05) is 0 Å². The topological polar surface area (TPSA) is 58.9 Å². The number of hydrogen-bond acceptors (Lipinski definition) is 2. The van der Waals surface area contributed by atoms with E-state index in [0.717, 1.165) is 16.8 Å². The number of nitrogens with two attached hydrogens (primary N) is 1. The zero-order valence-corrected chi connectivity index (χ0v) is 10.9. The van der Waals surface area contributed by atoms with Gasteiger partial charge in [-0.1, -0.05) is 17.7 Å². The van der Waals surface area contributed by atoms with Crippen LogP contribution >= 0.6 is 0 Å². The minimum atomic E-state index is -0.673. The average molecular weight is 260 g/mol. The van der Waals surface area contributed by atoms with Gasteiger partial charge in [-0.2, -0.15) is 0 Å². The number of nitrogens with one attached hydrogen (secondary N) is 1. The van der Waals surface area contributed by atoms with Crippen molar-refractivity contribution in [3.8, 4) is 0 Å². The van der Waals surface area contributed by atoms with Crippen LogP contribution in [-0.2, 0) is 12.0 Å². The number of H-pyrrole nitrogens is 1. The molecule has 19 heavy (non-hydrogen) atoms. The van der Waals surface area contributed by atoms with Gasteiger partial charge in [0.15, 0.2) is 0 Å². The summed E-state index contributed by atoms with van der Waals surface area (Å²) in [6.45, 7) is 1.55. The molecule has 0 spiro atoms. The number of aromatic amines is 1. The fraction of sp³-hybridized carbons (Fsp3) is 0.400. The molecule has 0 saturated heterocycles. The first-order valence-corrected chi connectivity index (χ1v) is 6.50. The van der Waals surface area contributed by atoms with Crippen molar-refractivity contribution in [3.05, 3.63) is 57.0 Å². The number of allylic oxidation sites excluding steroid dienone is 2. The summed E-state index contributed by atoms with van der Waals surface area (Å²) in [6.07, 6.45) is 5.10. The molecule has 2 aliphatic rings. The first-order valence-electron chi connectivity index (χ1n) is 6.50. The van der Waals surface area contributed by atoms with E-state index in [2.05, 4.69) is 18.0 Å². The van der Waals surface area contributed by atoms with Crippen LogP contribution in [0.5, 0.6) is 0 Å². The molecule has 3 rings (SSSR count). The highest BCUT2D eigenvalue weighted by molar-refractivity contribution is 5.49. The maximum atomic E-state index is 12.8. The Morgan fingerprint density at radius 1 is 1.58 bits per heavy atom. The van der Waals surface area contributed by atoms with E-state index in [9.17, 15) is 9.18 Å². The van der Waals surface area contributed by atoms with Gasteiger partial charge in [0.1, 0.15) is 6.67 Å². The van der Waals surface area contributed by atoms with Crippen LogP contribution in [0.1, 0.15) is 24.6 Å². The van der Waals surface area contributed by atoms with Crippen molar-refractivity contribution in [1.29, 1.82) is 0 Å². The summed E-state index contributed by atoms with van der Waals surface area (Å²) in [7, 11) is 0. The van der Waals surface area contributed by atoms with Crippen molar-refractivity contribution < 1.29 is 4.39 Å². The fourth-order valence-electron chi connectivity index (χ4n) is 3.52. The Hall–Kier alpha value is -1.68. The van der Waals surface area contributed by atoms with Gasteiger partial charge in [0.2, 0.25) is 5.56 Å². The Bertz CT molecular complexity index is 644. The molecule has 1 heterocycles. The van der Waals surface area contributed by atoms with Gasteiger partial charge in [-0.3, -0.25) is 4.79 Å². The third-order valence-electron chi connectivity index (χ3n) is 4.16. The third-order valence-corrected chi connectivity index (χ3v) is 4.16. The summed E-state index contributed by atoms with van der Waals surface area (Å²) in [4.78, 5) is 14.3. The molecule has 2 bridgehead atoms. The van der Waals surface area contributed by atoms with Gasteiger partial charge in [-0.05, 0) is 37.0 Å². The van der Waals surface area contributed by atoms with Gasteiger partial charge in [0, 0.05) is 17.7 Å². The molecule has 0 radical (unpaired) electrons. The van der Waals surface area contributed by atoms with Crippen LogP contribution in [0.3, 0.4) is 0 Å². The lowest BCUT2D eigenvalue weighted by atomic mass is 9.63. The number of alkyl halides is 1. The summed E-state index contributed by atoms with van der Waals surface area (Å²) in [5.74, 6) is 0.0973. The van der Waals surface area contributed by atoms with Crippen molar-refractivity contribution in [3.63, 3.8) is 0 Å². The van der Waals surface area contributed by atoms with E-state index in [1.54, 1.807) is 12.1 Å². The number of hydrogen-bond donors (Lipinski definition) is 2. The minimum absolute atomic E-state index is 0.0973. The highest BCUT2D eigenvalue weighted by Gasteiger charge is 2.43. The van der Waals surface area contributed by atoms with Crippen LogP contribution in [0.25, 0.3) is 0 Å². The van der Waals surface area contributed by atoms with Crippen LogP contribution < -0.4 is 11.3 Å². The first-order chi connectivity index (χ1) is 9.04. The molecule has 2 aliphatic carbocycles. The standard InChI is InChI=1S/C15H17FN2O/c1-9-6-10-7-13-12(2-3-14(19)18-13)15(17,8-9)11(10)4-5-16/h2-4,6,10H,5,7-8,17H2,1H3,(H,18,19)/b11-4+/t10?,15-/m0/s1. The second-order valence-electron chi connectivity index (χ2n) is 5.50. The second kappa shape index (κ2) is 4.17. The van der Waals surface area contributed by atoms with Crippen LogP contribution in [0.4, 0.5) is 4.39 Å². The second-order valence-corrected chi connectivity index (χ2v) is 5.50. The van der Waals surface area contributed by atoms with Gasteiger partial charge < -0.3 is 10.7 Å². The predicted molar refractivity (Wildman–Crippen MR) is 72.6 cm³/mol. The van der Waals surface area contributed by atoms with Crippen molar-refractivity contribution in [2.45, 2.75) is 25.3 Å². The van der Waals surface area contributed by atoms with Crippen molar-refractivity contribution in [1.82, 2.24) is 4.98 Å². The summed E-state index contributed by atoms with van der Waals surface area (Å²) in [5, 5.41) is 0. The quantitative estimate of drug-likeness (QED) is 0.758. The number of aromatic nitrogens is 1. The van der Waals surface area contributed by atoms with Gasteiger partial charge >= 0.3 is 0 Å². The highest BCUT2D eigenvalue weighted by atomic mass is 19.1. The molecule has 3 N–H and O–H groups in total.